The van der Waals surface area contributed by atoms with Crippen LogP contribution in [0, 0.1) is 0 Å². The number of nitrogens with two attached hydrogens (primary N) is 1. The van der Waals surface area contributed by atoms with Crippen LogP contribution < -0.4 is 11.1 Å². The highest BCUT2D eigenvalue weighted by molar-refractivity contribution is 9.10. The molecular formula is C34H53B2BrN4O7. The molecule has 11 nitrogen and oxygen atoms in total. The molecular weight excluding hydrogens is 678 g/mol. The predicted octanol–water partition coefficient (Wildman–Crippen LogP) is 6.38. The Morgan fingerprint density at radius 3 is 2.21 bits per heavy atom. The number of carbonyl (C=O) groups is 2. The number of amides is 2. The molecule has 3 heterocycles. The normalized spacial score (nSPS) is 22.8. The van der Waals surface area contributed by atoms with Crippen LogP contribution in [0.3, 0.4) is 0 Å². The van der Waals surface area contributed by atoms with E-state index >= 15 is 0 Å². The molecule has 1 atom stereocenters. The number of benzene rings is 1. The third kappa shape index (κ3) is 9.24. The van der Waals surface area contributed by atoms with Crippen molar-refractivity contribution in [2.24, 2.45) is 10.7 Å². The van der Waals surface area contributed by atoms with Crippen molar-refractivity contribution in [3.05, 3.63) is 33.8 Å². The van der Waals surface area contributed by atoms with Gasteiger partial charge in [-0.25, -0.2) is 9.79 Å². The van der Waals surface area contributed by atoms with Crippen molar-refractivity contribution in [3.8, 4) is 0 Å². The minimum atomic E-state index is -0.653. The van der Waals surface area contributed by atoms with Gasteiger partial charge < -0.3 is 39.3 Å². The van der Waals surface area contributed by atoms with E-state index in [4.69, 9.17) is 29.1 Å². The summed E-state index contributed by atoms with van der Waals surface area (Å²) in [5.74, 6) is 0.275. The summed E-state index contributed by atoms with van der Waals surface area (Å²) >= 11 is 3.49. The number of amidine groups is 1. The van der Waals surface area contributed by atoms with E-state index in [1.54, 1.807) is 0 Å². The SMILES string of the molecule is CC(C)(C)OC(=O)NCCCN(CCCCC1(C)OB(B2OC(C)(C)C(C)(C)O2)OC1(C)C)C(=O)C1=Cc2ccc(Br)cc2N=C(N)C1. The summed E-state index contributed by atoms with van der Waals surface area (Å²) in [7, 11) is -1.28. The van der Waals surface area contributed by atoms with Gasteiger partial charge >= 0.3 is 20.1 Å². The Balaban J connectivity index is 1.41. The van der Waals surface area contributed by atoms with E-state index in [0.29, 0.717) is 49.6 Å². The zero-order valence-electron chi connectivity index (χ0n) is 30.3. The zero-order valence-corrected chi connectivity index (χ0v) is 31.9. The van der Waals surface area contributed by atoms with Gasteiger partial charge in [0.25, 0.3) is 0 Å². The summed E-state index contributed by atoms with van der Waals surface area (Å²) in [6, 6.07) is 5.73. The molecule has 0 radical (unpaired) electrons. The molecule has 3 aliphatic rings. The molecule has 1 aromatic carbocycles. The van der Waals surface area contributed by atoms with Crippen LogP contribution >= 0.6 is 15.9 Å². The lowest BCUT2D eigenvalue weighted by atomic mass is 9.49. The number of fused-ring (bicyclic) bond motifs is 1. The van der Waals surface area contributed by atoms with E-state index in [1.165, 1.54) is 0 Å². The van der Waals surface area contributed by atoms with E-state index in [9.17, 15) is 9.59 Å². The Kier molecular flexibility index (Phi) is 11.6. The van der Waals surface area contributed by atoms with Crippen molar-refractivity contribution >= 4 is 59.5 Å². The second-order valence-corrected chi connectivity index (χ2v) is 16.6. The fraction of sp³-hybridized carbons (Fsp3) is 0.676. The van der Waals surface area contributed by atoms with Gasteiger partial charge in [-0.1, -0.05) is 22.0 Å². The van der Waals surface area contributed by atoms with Crippen molar-refractivity contribution in [2.45, 2.75) is 129 Å². The third-order valence-electron chi connectivity index (χ3n) is 9.68. The number of hydrogen-bond acceptors (Lipinski definition) is 9. The van der Waals surface area contributed by atoms with Gasteiger partial charge in [-0.2, -0.15) is 0 Å². The summed E-state index contributed by atoms with van der Waals surface area (Å²) in [5.41, 5.74) is 5.63. The van der Waals surface area contributed by atoms with Crippen LogP contribution in [0.15, 0.2) is 33.2 Å². The molecule has 0 saturated carbocycles. The van der Waals surface area contributed by atoms with Gasteiger partial charge in [-0.3, -0.25) is 4.79 Å². The molecule has 3 N–H and O–H groups in total. The second kappa shape index (κ2) is 14.5. The smallest absolute Gasteiger partial charge is 0.444 e. The number of nitrogens with zero attached hydrogens (tertiary/aromatic N) is 2. The first kappa shape index (κ1) is 38.4. The summed E-state index contributed by atoms with van der Waals surface area (Å²) < 4.78 is 31.6. The standard InChI is InChI=1S/C34H53B2BrN4O7/c1-30(2,3)44-29(43)39-17-13-19-41(28(42)24-20-23-14-15-25(37)22-26(23)40-27(38)21-24)18-12-11-16-34(10)33(8,9)47-36(48-34)35-45-31(4,5)32(6,7)46-35/h14-15,20,22H,11-13,16-19,21H2,1-10H3,(H2,38,40)(H,39,43). The molecule has 2 saturated heterocycles. The second-order valence-electron chi connectivity index (χ2n) is 15.7. The van der Waals surface area contributed by atoms with Crippen LogP contribution in [0.2, 0.25) is 0 Å². The monoisotopic (exact) mass is 730 g/mol. The van der Waals surface area contributed by atoms with Crippen molar-refractivity contribution in [3.63, 3.8) is 0 Å². The third-order valence-corrected chi connectivity index (χ3v) is 10.2. The highest BCUT2D eigenvalue weighted by Crippen LogP contribution is 2.45. The fourth-order valence-corrected chi connectivity index (χ4v) is 6.22. The minimum Gasteiger partial charge on any atom is -0.444 e. The van der Waals surface area contributed by atoms with Crippen molar-refractivity contribution in [2.75, 3.05) is 19.6 Å². The Hall–Kier alpha value is -2.38. The summed E-state index contributed by atoms with van der Waals surface area (Å²) in [4.78, 5) is 32.6. The van der Waals surface area contributed by atoms with Gasteiger partial charge in [0.15, 0.2) is 0 Å². The Morgan fingerprint density at radius 1 is 0.958 bits per heavy atom. The van der Waals surface area contributed by atoms with E-state index < -0.39 is 48.1 Å². The molecule has 48 heavy (non-hydrogen) atoms. The highest BCUT2D eigenvalue weighted by atomic mass is 79.9. The lowest BCUT2D eigenvalue weighted by molar-refractivity contribution is -0.127. The van der Waals surface area contributed by atoms with Crippen LogP contribution in [0.4, 0.5) is 10.5 Å². The molecule has 0 spiro atoms. The summed E-state index contributed by atoms with van der Waals surface area (Å²) in [5, 5.41) is 2.80. The van der Waals surface area contributed by atoms with Crippen molar-refractivity contribution in [1.82, 2.24) is 10.2 Å². The van der Waals surface area contributed by atoms with E-state index in [1.807, 2.05) is 91.5 Å². The van der Waals surface area contributed by atoms with Gasteiger partial charge in [0.1, 0.15) is 11.4 Å². The number of unbranched alkanes of at least 4 members (excludes halogenated alkanes) is 1. The molecule has 1 unspecified atom stereocenters. The highest BCUT2D eigenvalue weighted by Gasteiger charge is 2.64. The molecule has 264 valence electrons. The van der Waals surface area contributed by atoms with Crippen LogP contribution in [0.1, 0.15) is 107 Å². The molecule has 2 fully saturated rings. The van der Waals surface area contributed by atoms with Gasteiger partial charge in [-0.05, 0) is 113 Å². The first-order valence-corrected chi connectivity index (χ1v) is 17.7. The molecule has 3 aliphatic heterocycles. The predicted molar refractivity (Wildman–Crippen MR) is 194 cm³/mol. The van der Waals surface area contributed by atoms with Crippen molar-refractivity contribution in [1.29, 1.82) is 0 Å². The fourth-order valence-electron chi connectivity index (χ4n) is 5.87. The first-order valence-electron chi connectivity index (χ1n) is 16.9. The Labute approximate surface area is 295 Å². The number of halogens is 1. The number of hydrogen-bond donors (Lipinski definition) is 2. The van der Waals surface area contributed by atoms with Gasteiger partial charge in [0, 0.05) is 41.7 Å². The summed E-state index contributed by atoms with van der Waals surface area (Å²) in [6.45, 7) is 21.0. The van der Waals surface area contributed by atoms with Gasteiger partial charge in [-0.15, -0.1) is 0 Å². The maximum Gasteiger partial charge on any atom is 0.488 e. The van der Waals surface area contributed by atoms with Crippen molar-refractivity contribution < 1.29 is 32.9 Å². The first-order chi connectivity index (χ1) is 22.1. The van der Waals surface area contributed by atoms with Crippen LogP contribution in [-0.4, -0.2) is 84.4 Å². The molecule has 0 aromatic heterocycles. The molecule has 2 amide bonds. The van der Waals surface area contributed by atoms with Crippen LogP contribution in [0.25, 0.3) is 6.08 Å². The van der Waals surface area contributed by atoms with E-state index in [2.05, 4.69) is 33.2 Å². The Bertz CT molecular complexity index is 1410. The maximum absolute atomic E-state index is 14.1. The number of rotatable bonds is 11. The average molecular weight is 731 g/mol. The molecule has 14 heteroatoms. The zero-order chi connectivity index (χ0) is 35.7. The number of carbonyl (C=O) groups excluding carboxylic acids is 2. The number of nitrogens with one attached hydrogen (secondary N) is 1. The lowest BCUT2D eigenvalue weighted by Gasteiger charge is -2.37. The quantitative estimate of drug-likeness (QED) is 0.198. The van der Waals surface area contributed by atoms with Crippen LogP contribution in [0.5, 0.6) is 0 Å². The molecule has 1 aromatic rings. The lowest BCUT2D eigenvalue weighted by Crippen LogP contribution is -2.45. The van der Waals surface area contributed by atoms with Crippen LogP contribution in [-0.2, 0) is 28.1 Å². The minimum absolute atomic E-state index is 0.103. The molecule has 0 bridgehead atoms. The average Bonchev–Trinajstić information content (AvgIpc) is 3.23. The number of aliphatic imine (C=N–C) groups is 1. The Morgan fingerprint density at radius 2 is 1.56 bits per heavy atom. The van der Waals surface area contributed by atoms with Gasteiger partial charge in [0.05, 0.1) is 28.1 Å². The molecule has 0 aliphatic carbocycles. The largest absolute Gasteiger partial charge is 0.488 e. The number of ether oxygens (including phenoxy) is 1. The van der Waals surface area contributed by atoms with Gasteiger partial charge in [0.2, 0.25) is 5.91 Å². The van der Waals surface area contributed by atoms with E-state index in [0.717, 1.165) is 22.9 Å². The molecule has 4 rings (SSSR count). The van der Waals surface area contributed by atoms with E-state index in [-0.39, 0.29) is 12.3 Å². The summed E-state index contributed by atoms with van der Waals surface area (Å²) in [6.07, 6.45) is 4.44. The maximum atomic E-state index is 14.1. The number of alkyl carbamates (subject to hydrolysis) is 1. The topological polar surface area (TPSA) is 134 Å².